The van der Waals surface area contributed by atoms with E-state index in [0.717, 1.165) is 5.56 Å². The summed E-state index contributed by atoms with van der Waals surface area (Å²) in [6.45, 7) is 6.04. The number of aromatic hydroxyl groups is 1. The third kappa shape index (κ3) is 11.2. The summed E-state index contributed by atoms with van der Waals surface area (Å²) in [7, 11) is 1.42. The molecule has 0 bridgehead atoms. The van der Waals surface area contributed by atoms with E-state index in [-0.39, 0.29) is 18.6 Å². The molecule has 0 saturated carbocycles. The lowest BCUT2D eigenvalue weighted by Gasteiger charge is -2.26. The van der Waals surface area contributed by atoms with E-state index in [1.165, 1.54) is 31.0 Å². The molecule has 12 heteroatoms. The van der Waals surface area contributed by atoms with Gasteiger partial charge in [0, 0.05) is 19.9 Å². The number of alkyl carbamates (subject to hydrolysis) is 1. The predicted octanol–water partition coefficient (Wildman–Crippen LogP) is 1.00. The van der Waals surface area contributed by atoms with Gasteiger partial charge in [-0.3, -0.25) is 19.2 Å². The molecule has 5 amide bonds. The fraction of sp³-hybridized carbons (Fsp3) is 0.414. The zero-order valence-corrected chi connectivity index (χ0v) is 24.0. The largest absolute Gasteiger partial charge is 0.508 e. The maximum absolute atomic E-state index is 13.1. The third-order valence-corrected chi connectivity index (χ3v) is 6.01. The molecule has 222 valence electrons. The van der Waals surface area contributed by atoms with E-state index in [1.54, 1.807) is 32.9 Å². The SMILES string of the molecule is C[C@@H](NC(=O)[C@H](Cc1ccc(O)cc1)NC(=O)OC(C)(C)C)C(=O)NCC(=O)N(C)[C@@H](Cc1ccccc1)C(N)=O. The lowest BCUT2D eigenvalue weighted by molar-refractivity contribution is -0.138. The number of benzene rings is 2. The van der Waals surface area contributed by atoms with Crippen molar-refractivity contribution >= 4 is 29.7 Å². The van der Waals surface area contributed by atoms with Crippen LogP contribution in [0.2, 0.25) is 0 Å². The van der Waals surface area contributed by atoms with Crippen LogP contribution in [0.25, 0.3) is 0 Å². The first-order valence-corrected chi connectivity index (χ1v) is 13.1. The summed E-state index contributed by atoms with van der Waals surface area (Å²) in [6.07, 6.45) is -0.549. The Morgan fingerprint density at radius 3 is 2.05 bits per heavy atom. The zero-order valence-electron chi connectivity index (χ0n) is 24.0. The van der Waals surface area contributed by atoms with Crippen LogP contribution >= 0.6 is 0 Å². The second kappa shape index (κ2) is 14.7. The number of hydrogen-bond donors (Lipinski definition) is 5. The highest BCUT2D eigenvalue weighted by Crippen LogP contribution is 2.13. The summed E-state index contributed by atoms with van der Waals surface area (Å²) >= 11 is 0. The lowest BCUT2D eigenvalue weighted by atomic mass is 10.0. The van der Waals surface area contributed by atoms with Crippen molar-refractivity contribution in [3.63, 3.8) is 0 Å². The van der Waals surface area contributed by atoms with Crippen molar-refractivity contribution < 1.29 is 33.8 Å². The molecular weight excluding hydrogens is 530 g/mol. The van der Waals surface area contributed by atoms with Crippen LogP contribution in [-0.2, 0) is 36.8 Å². The minimum absolute atomic E-state index is 0.0440. The van der Waals surface area contributed by atoms with E-state index >= 15 is 0 Å². The number of phenolic OH excluding ortho intramolecular Hbond substituents is 1. The number of rotatable bonds is 12. The molecule has 0 aromatic heterocycles. The van der Waals surface area contributed by atoms with E-state index < -0.39 is 60.0 Å². The first-order valence-electron chi connectivity index (χ1n) is 13.1. The Kier molecular flexibility index (Phi) is 11.7. The van der Waals surface area contributed by atoms with Gasteiger partial charge in [0.15, 0.2) is 0 Å². The molecule has 0 aliphatic rings. The Labute approximate surface area is 239 Å². The van der Waals surface area contributed by atoms with Gasteiger partial charge in [0.05, 0.1) is 6.54 Å². The third-order valence-electron chi connectivity index (χ3n) is 6.01. The van der Waals surface area contributed by atoms with E-state index in [4.69, 9.17) is 10.5 Å². The number of likely N-dealkylation sites (N-methyl/N-ethyl adjacent to an activating group) is 1. The number of nitrogens with one attached hydrogen (secondary N) is 3. The molecule has 0 heterocycles. The van der Waals surface area contributed by atoms with Gasteiger partial charge in [-0.15, -0.1) is 0 Å². The summed E-state index contributed by atoms with van der Waals surface area (Å²) in [5.74, 6) is -2.50. The van der Waals surface area contributed by atoms with Crippen LogP contribution in [0.5, 0.6) is 5.75 Å². The van der Waals surface area contributed by atoms with Gasteiger partial charge in [0.2, 0.25) is 23.6 Å². The molecule has 41 heavy (non-hydrogen) atoms. The quantitative estimate of drug-likeness (QED) is 0.253. The molecule has 0 fully saturated rings. The molecule has 0 aliphatic heterocycles. The van der Waals surface area contributed by atoms with Crippen LogP contribution in [0, 0.1) is 0 Å². The first kappa shape index (κ1) is 32.6. The minimum atomic E-state index is -1.10. The number of carbonyl (C=O) groups is 5. The molecule has 3 atom stereocenters. The van der Waals surface area contributed by atoms with Gasteiger partial charge in [0.1, 0.15) is 29.5 Å². The highest BCUT2D eigenvalue weighted by molar-refractivity contribution is 5.93. The molecule has 6 N–H and O–H groups in total. The van der Waals surface area contributed by atoms with Crippen molar-refractivity contribution in [3.05, 3.63) is 65.7 Å². The lowest BCUT2D eigenvalue weighted by Crippen LogP contribution is -2.55. The summed E-state index contributed by atoms with van der Waals surface area (Å²) in [4.78, 5) is 64.1. The molecule has 0 unspecified atom stereocenters. The van der Waals surface area contributed by atoms with Crippen molar-refractivity contribution in [2.45, 2.75) is 64.3 Å². The molecule has 0 radical (unpaired) electrons. The van der Waals surface area contributed by atoms with Crippen molar-refractivity contribution in [2.24, 2.45) is 5.73 Å². The van der Waals surface area contributed by atoms with E-state index in [1.807, 2.05) is 30.3 Å². The predicted molar refractivity (Wildman–Crippen MR) is 151 cm³/mol. The summed E-state index contributed by atoms with van der Waals surface area (Å²) in [5.41, 5.74) is 6.18. The van der Waals surface area contributed by atoms with Crippen LogP contribution in [0.3, 0.4) is 0 Å². The first-order chi connectivity index (χ1) is 19.2. The number of nitrogens with two attached hydrogens (primary N) is 1. The highest BCUT2D eigenvalue weighted by Gasteiger charge is 2.29. The Hall–Kier alpha value is -4.61. The van der Waals surface area contributed by atoms with Gasteiger partial charge in [-0.1, -0.05) is 42.5 Å². The molecule has 0 saturated heterocycles. The average Bonchev–Trinajstić information content (AvgIpc) is 2.89. The van der Waals surface area contributed by atoms with Crippen molar-refractivity contribution in [2.75, 3.05) is 13.6 Å². The molecule has 12 nitrogen and oxygen atoms in total. The fourth-order valence-corrected chi connectivity index (χ4v) is 3.79. The van der Waals surface area contributed by atoms with Crippen LogP contribution in [0.4, 0.5) is 4.79 Å². The van der Waals surface area contributed by atoms with Gasteiger partial charge >= 0.3 is 6.09 Å². The van der Waals surface area contributed by atoms with Crippen LogP contribution in [0.1, 0.15) is 38.8 Å². The topological polar surface area (TPSA) is 180 Å². The van der Waals surface area contributed by atoms with E-state index in [0.29, 0.717) is 5.56 Å². The summed E-state index contributed by atoms with van der Waals surface area (Å²) in [6, 6.07) is 12.1. The number of nitrogens with zero attached hydrogens (tertiary/aromatic N) is 1. The van der Waals surface area contributed by atoms with Crippen LogP contribution < -0.4 is 21.7 Å². The van der Waals surface area contributed by atoms with Gasteiger partial charge in [-0.05, 0) is 51.0 Å². The van der Waals surface area contributed by atoms with Gasteiger partial charge < -0.3 is 36.4 Å². The fourth-order valence-electron chi connectivity index (χ4n) is 3.79. The van der Waals surface area contributed by atoms with Crippen molar-refractivity contribution in [1.29, 1.82) is 0 Å². The Bertz CT molecular complexity index is 1210. The maximum Gasteiger partial charge on any atom is 0.408 e. The molecule has 0 aliphatic carbocycles. The Morgan fingerprint density at radius 2 is 1.49 bits per heavy atom. The summed E-state index contributed by atoms with van der Waals surface area (Å²) in [5, 5.41) is 17.0. The van der Waals surface area contributed by atoms with E-state index in [2.05, 4.69) is 16.0 Å². The molecule has 2 aromatic carbocycles. The van der Waals surface area contributed by atoms with Gasteiger partial charge in [0.25, 0.3) is 0 Å². The zero-order chi connectivity index (χ0) is 30.7. The number of ether oxygens (including phenoxy) is 1. The summed E-state index contributed by atoms with van der Waals surface area (Å²) < 4.78 is 5.26. The van der Waals surface area contributed by atoms with Crippen molar-refractivity contribution in [3.8, 4) is 5.75 Å². The minimum Gasteiger partial charge on any atom is -0.508 e. The second-order valence-corrected chi connectivity index (χ2v) is 10.6. The number of hydrogen-bond acceptors (Lipinski definition) is 7. The number of phenols is 1. The van der Waals surface area contributed by atoms with Crippen LogP contribution in [-0.4, -0.2) is 77.0 Å². The molecule has 2 rings (SSSR count). The van der Waals surface area contributed by atoms with Crippen molar-refractivity contribution in [1.82, 2.24) is 20.9 Å². The van der Waals surface area contributed by atoms with E-state index in [9.17, 15) is 29.1 Å². The smallest absolute Gasteiger partial charge is 0.408 e. The van der Waals surface area contributed by atoms with Gasteiger partial charge in [-0.25, -0.2) is 4.79 Å². The maximum atomic E-state index is 13.1. The monoisotopic (exact) mass is 569 g/mol. The Morgan fingerprint density at radius 1 is 0.902 bits per heavy atom. The molecular formula is C29H39N5O7. The van der Waals surface area contributed by atoms with Crippen LogP contribution in [0.15, 0.2) is 54.6 Å². The Balaban J connectivity index is 2.00. The average molecular weight is 570 g/mol. The second-order valence-electron chi connectivity index (χ2n) is 10.6. The standard InChI is InChI=1S/C29H39N5O7/c1-18(26(38)31-17-24(36)34(5)23(25(30)37)16-19-9-7-6-8-10-19)32-27(39)22(33-28(40)41-29(2,3)4)15-20-11-13-21(35)14-12-20/h6-14,18,22-23,35H,15-17H2,1-5H3,(H2,30,37)(H,31,38)(H,32,39)(H,33,40)/t18-,22+,23+/m1/s1. The number of amides is 5. The molecule has 2 aromatic rings. The highest BCUT2D eigenvalue weighted by atomic mass is 16.6. The molecule has 0 spiro atoms. The number of primary amides is 1. The van der Waals surface area contributed by atoms with Gasteiger partial charge in [-0.2, -0.15) is 0 Å². The normalized spacial score (nSPS) is 13.2. The number of carbonyl (C=O) groups excluding carboxylic acids is 5.